The summed E-state index contributed by atoms with van der Waals surface area (Å²) in [6.45, 7) is 7.54. The lowest BCUT2D eigenvalue weighted by Crippen LogP contribution is -2.45. The van der Waals surface area contributed by atoms with Crippen molar-refractivity contribution in [3.8, 4) is 6.07 Å². The van der Waals surface area contributed by atoms with Crippen LogP contribution in [0.15, 0.2) is 6.07 Å². The minimum atomic E-state index is 0.172. The molecule has 0 radical (unpaired) electrons. The molecule has 0 unspecified atom stereocenters. The van der Waals surface area contributed by atoms with Crippen molar-refractivity contribution in [2.75, 3.05) is 18.0 Å². The van der Waals surface area contributed by atoms with Gasteiger partial charge in [-0.2, -0.15) is 5.26 Å². The number of nitriles is 1. The molecule has 1 aliphatic rings. The fraction of sp³-hybridized carbons (Fsp3) is 0.538. The van der Waals surface area contributed by atoms with Gasteiger partial charge in [0.15, 0.2) is 0 Å². The zero-order chi connectivity index (χ0) is 13.3. The Hall–Kier alpha value is -1.31. The van der Waals surface area contributed by atoms with Crippen LogP contribution in [0.4, 0.5) is 5.82 Å². The Morgan fingerprint density at radius 1 is 1.44 bits per heavy atom. The van der Waals surface area contributed by atoms with Gasteiger partial charge in [-0.05, 0) is 32.4 Å². The van der Waals surface area contributed by atoms with Gasteiger partial charge < -0.3 is 9.64 Å². The first kappa shape index (κ1) is 13.1. The summed E-state index contributed by atoms with van der Waals surface area (Å²) >= 11 is 6.04. The summed E-state index contributed by atoms with van der Waals surface area (Å²) in [6.07, 6.45) is 0.343. The number of aromatic nitrogens is 1. The van der Waals surface area contributed by atoms with E-state index in [1.54, 1.807) is 0 Å². The average molecular weight is 266 g/mol. The largest absolute Gasteiger partial charge is 0.372 e. The number of ether oxygens (including phenoxy) is 1. The Balaban J connectivity index is 2.32. The summed E-state index contributed by atoms with van der Waals surface area (Å²) in [5, 5.41) is 9.25. The van der Waals surface area contributed by atoms with Gasteiger partial charge in [-0.25, -0.2) is 4.98 Å². The number of hydrogen-bond acceptors (Lipinski definition) is 4. The summed E-state index contributed by atoms with van der Waals surface area (Å²) in [4.78, 5) is 6.46. The van der Waals surface area contributed by atoms with Gasteiger partial charge in [0, 0.05) is 13.1 Å². The quantitative estimate of drug-likeness (QED) is 0.732. The van der Waals surface area contributed by atoms with Gasteiger partial charge in [0.1, 0.15) is 17.0 Å². The molecule has 0 bridgehead atoms. The van der Waals surface area contributed by atoms with Crippen LogP contribution in [-0.4, -0.2) is 30.3 Å². The highest BCUT2D eigenvalue weighted by Gasteiger charge is 2.24. The smallest absolute Gasteiger partial charge is 0.149 e. The number of aryl methyl sites for hydroxylation is 1. The zero-order valence-electron chi connectivity index (χ0n) is 10.8. The number of morpholine rings is 1. The molecule has 0 aliphatic carbocycles. The Bertz CT molecular complexity index is 464. The third kappa shape index (κ3) is 2.58. The van der Waals surface area contributed by atoms with Gasteiger partial charge in [0.05, 0.1) is 17.8 Å². The standard InChI is InChI=1S/C13H16ClN3O/c1-8-4-12(16-13(14)11(8)5-15)17-6-9(2)18-10(3)7-17/h4,9-10H,6-7H2,1-3H3/t9-,10-/m0/s1. The molecule has 2 rings (SSSR count). The maximum atomic E-state index is 8.98. The third-order valence-corrected chi connectivity index (χ3v) is 3.29. The maximum Gasteiger partial charge on any atom is 0.149 e. The van der Waals surface area contributed by atoms with Gasteiger partial charge in [0.2, 0.25) is 0 Å². The SMILES string of the molecule is Cc1cc(N2C[C@H](C)O[C@@H](C)C2)nc(Cl)c1C#N. The number of rotatable bonds is 1. The number of pyridine rings is 1. The van der Waals surface area contributed by atoms with E-state index in [4.69, 9.17) is 21.6 Å². The molecule has 0 saturated carbocycles. The molecule has 5 heteroatoms. The number of nitrogens with zero attached hydrogens (tertiary/aromatic N) is 3. The predicted octanol–water partition coefficient (Wildman–Crippen LogP) is 2.53. The zero-order valence-corrected chi connectivity index (χ0v) is 11.5. The molecule has 0 N–H and O–H groups in total. The maximum absolute atomic E-state index is 8.98. The van der Waals surface area contributed by atoms with Crippen molar-refractivity contribution in [1.29, 1.82) is 5.26 Å². The molecule has 1 aliphatic heterocycles. The highest BCUT2D eigenvalue weighted by atomic mass is 35.5. The van der Waals surface area contributed by atoms with Crippen LogP contribution >= 0.6 is 11.6 Å². The fourth-order valence-corrected chi connectivity index (χ4v) is 2.56. The molecule has 1 fully saturated rings. The van der Waals surface area contributed by atoms with Crippen LogP contribution in [0.1, 0.15) is 25.0 Å². The molecular weight excluding hydrogens is 250 g/mol. The van der Waals surface area contributed by atoms with Crippen LogP contribution in [0.25, 0.3) is 0 Å². The Kier molecular flexibility index (Phi) is 3.74. The molecule has 1 saturated heterocycles. The molecule has 0 spiro atoms. The molecule has 96 valence electrons. The summed E-state index contributed by atoms with van der Waals surface area (Å²) < 4.78 is 5.69. The van der Waals surface area contributed by atoms with Crippen LogP contribution in [0, 0.1) is 18.3 Å². The van der Waals surface area contributed by atoms with E-state index in [1.807, 2.05) is 26.8 Å². The van der Waals surface area contributed by atoms with E-state index in [2.05, 4.69) is 16.0 Å². The monoisotopic (exact) mass is 265 g/mol. The van der Waals surface area contributed by atoms with Crippen LogP contribution in [-0.2, 0) is 4.74 Å². The molecule has 4 nitrogen and oxygen atoms in total. The summed E-state index contributed by atoms with van der Waals surface area (Å²) in [6, 6.07) is 3.99. The van der Waals surface area contributed by atoms with E-state index in [0.29, 0.717) is 5.56 Å². The second-order valence-corrected chi connectivity index (χ2v) is 5.10. The minimum absolute atomic E-state index is 0.172. The Morgan fingerprint density at radius 3 is 2.56 bits per heavy atom. The molecular formula is C13H16ClN3O. The lowest BCUT2D eigenvalue weighted by molar-refractivity contribution is -0.00546. The second-order valence-electron chi connectivity index (χ2n) is 4.74. The normalized spacial score (nSPS) is 23.8. The van der Waals surface area contributed by atoms with E-state index in [9.17, 15) is 0 Å². The first-order valence-electron chi connectivity index (χ1n) is 5.99. The van der Waals surface area contributed by atoms with Crippen molar-refractivity contribution < 1.29 is 4.74 Å². The second kappa shape index (κ2) is 5.13. The van der Waals surface area contributed by atoms with Crippen LogP contribution in [0.5, 0.6) is 0 Å². The van der Waals surface area contributed by atoms with Crippen molar-refractivity contribution in [2.24, 2.45) is 0 Å². The van der Waals surface area contributed by atoms with Gasteiger partial charge in [-0.1, -0.05) is 11.6 Å². The van der Waals surface area contributed by atoms with E-state index in [-0.39, 0.29) is 17.4 Å². The van der Waals surface area contributed by atoms with Gasteiger partial charge >= 0.3 is 0 Å². The molecule has 2 atom stereocenters. The third-order valence-electron chi connectivity index (χ3n) is 3.01. The van der Waals surface area contributed by atoms with Crippen molar-refractivity contribution in [1.82, 2.24) is 4.98 Å². The summed E-state index contributed by atoms with van der Waals surface area (Å²) in [7, 11) is 0. The van der Waals surface area contributed by atoms with E-state index in [0.717, 1.165) is 24.5 Å². The van der Waals surface area contributed by atoms with E-state index >= 15 is 0 Å². The van der Waals surface area contributed by atoms with Gasteiger partial charge in [-0.3, -0.25) is 0 Å². The van der Waals surface area contributed by atoms with Crippen LogP contribution in [0.2, 0.25) is 5.15 Å². The molecule has 18 heavy (non-hydrogen) atoms. The lowest BCUT2D eigenvalue weighted by atomic mass is 10.1. The summed E-state index contributed by atoms with van der Waals surface area (Å²) in [5.74, 6) is 0.818. The van der Waals surface area contributed by atoms with Gasteiger partial charge in [0.25, 0.3) is 0 Å². The van der Waals surface area contributed by atoms with Crippen molar-refractivity contribution in [3.63, 3.8) is 0 Å². The molecule has 1 aromatic rings. The molecule has 0 aromatic carbocycles. The number of halogens is 1. The highest BCUT2D eigenvalue weighted by Crippen LogP contribution is 2.25. The predicted molar refractivity (Wildman–Crippen MR) is 70.9 cm³/mol. The summed E-state index contributed by atoms with van der Waals surface area (Å²) in [5.41, 5.74) is 1.31. The Morgan fingerprint density at radius 2 is 2.06 bits per heavy atom. The molecule has 1 aromatic heterocycles. The fourth-order valence-electron chi connectivity index (χ4n) is 2.28. The first-order valence-corrected chi connectivity index (χ1v) is 6.36. The van der Waals surface area contributed by atoms with Crippen LogP contribution < -0.4 is 4.90 Å². The van der Waals surface area contributed by atoms with Crippen molar-refractivity contribution in [2.45, 2.75) is 33.0 Å². The lowest BCUT2D eigenvalue weighted by Gasteiger charge is -2.36. The molecule has 0 amide bonds. The van der Waals surface area contributed by atoms with Crippen LogP contribution in [0.3, 0.4) is 0 Å². The molecule has 2 heterocycles. The topological polar surface area (TPSA) is 49.1 Å². The number of anilines is 1. The highest BCUT2D eigenvalue weighted by molar-refractivity contribution is 6.30. The average Bonchev–Trinajstić information content (AvgIpc) is 2.27. The van der Waals surface area contributed by atoms with Crippen molar-refractivity contribution in [3.05, 3.63) is 22.3 Å². The minimum Gasteiger partial charge on any atom is -0.372 e. The van der Waals surface area contributed by atoms with Gasteiger partial charge in [-0.15, -0.1) is 0 Å². The van der Waals surface area contributed by atoms with E-state index in [1.165, 1.54) is 0 Å². The Labute approximate surface area is 112 Å². The van der Waals surface area contributed by atoms with Crippen molar-refractivity contribution >= 4 is 17.4 Å². The van der Waals surface area contributed by atoms with E-state index < -0.39 is 0 Å². The first-order chi connectivity index (χ1) is 8.51. The number of hydrogen-bond donors (Lipinski definition) is 0.